The third-order valence-electron chi connectivity index (χ3n) is 14.0. The summed E-state index contributed by atoms with van der Waals surface area (Å²) >= 11 is 0. The van der Waals surface area contributed by atoms with Crippen LogP contribution >= 0.6 is 0 Å². The molecule has 0 saturated heterocycles. The lowest BCUT2D eigenvalue weighted by atomic mass is 9.70. The Kier molecular flexibility index (Phi) is 7.32. The van der Waals surface area contributed by atoms with E-state index in [9.17, 15) is 0 Å². The molecule has 3 nitrogen and oxygen atoms in total. The van der Waals surface area contributed by atoms with Gasteiger partial charge in [-0.1, -0.05) is 164 Å². The van der Waals surface area contributed by atoms with Crippen LogP contribution in [0.2, 0.25) is 0 Å². The fourth-order valence-corrected chi connectivity index (χ4v) is 11.4. The highest BCUT2D eigenvalue weighted by atomic mass is 16.3. The third-order valence-corrected chi connectivity index (χ3v) is 14.0. The Morgan fingerprint density at radius 1 is 0.359 bits per heavy atom. The Morgan fingerprint density at radius 2 is 0.938 bits per heavy atom. The van der Waals surface area contributed by atoms with Gasteiger partial charge in [0.1, 0.15) is 11.2 Å². The van der Waals surface area contributed by atoms with Crippen LogP contribution in [0.25, 0.3) is 82.8 Å². The predicted molar refractivity (Wildman–Crippen MR) is 264 cm³/mol. The molecule has 2 aliphatic carbocycles. The number of benzene rings is 10. The lowest BCUT2D eigenvalue weighted by molar-refractivity contribution is 0.669. The second kappa shape index (κ2) is 13.3. The van der Waals surface area contributed by atoms with Crippen molar-refractivity contribution in [1.29, 1.82) is 0 Å². The van der Waals surface area contributed by atoms with Crippen LogP contribution in [0.3, 0.4) is 0 Å². The van der Waals surface area contributed by atoms with Gasteiger partial charge < -0.3 is 13.9 Å². The summed E-state index contributed by atoms with van der Waals surface area (Å²) in [6, 6.07) is 84.6. The van der Waals surface area contributed by atoms with E-state index in [1.165, 1.54) is 66.4 Å². The van der Waals surface area contributed by atoms with E-state index in [2.05, 4.69) is 234 Å². The summed E-state index contributed by atoms with van der Waals surface area (Å²) < 4.78 is 8.88. The highest BCUT2D eigenvalue weighted by Crippen LogP contribution is 2.64. The minimum absolute atomic E-state index is 0.455. The van der Waals surface area contributed by atoms with Crippen molar-refractivity contribution in [3.63, 3.8) is 0 Å². The second-order valence-corrected chi connectivity index (χ2v) is 17.2. The summed E-state index contributed by atoms with van der Waals surface area (Å²) in [6.07, 6.45) is 0. The quantitative estimate of drug-likeness (QED) is 0.173. The molecule has 10 aromatic carbocycles. The highest BCUT2D eigenvalue weighted by Gasteiger charge is 2.52. The zero-order valence-electron chi connectivity index (χ0n) is 34.7. The van der Waals surface area contributed by atoms with E-state index in [1.807, 2.05) is 6.07 Å². The molecule has 3 heteroatoms. The van der Waals surface area contributed by atoms with Crippen LogP contribution in [0.15, 0.2) is 235 Å². The first-order valence-electron chi connectivity index (χ1n) is 22.1. The van der Waals surface area contributed by atoms with Crippen LogP contribution in [-0.2, 0) is 5.41 Å². The number of aromatic nitrogens is 1. The van der Waals surface area contributed by atoms with E-state index in [4.69, 9.17) is 4.42 Å². The molecule has 12 aromatic rings. The molecule has 298 valence electrons. The molecule has 0 unspecified atom stereocenters. The number of anilines is 3. The van der Waals surface area contributed by atoms with Crippen molar-refractivity contribution in [2.45, 2.75) is 5.41 Å². The zero-order chi connectivity index (χ0) is 41.9. The Labute approximate surface area is 370 Å². The molecule has 1 spiro atoms. The number of hydrogen-bond donors (Lipinski definition) is 0. The molecule has 0 saturated carbocycles. The molecule has 2 aromatic heterocycles. The van der Waals surface area contributed by atoms with Crippen molar-refractivity contribution in [1.82, 2.24) is 4.57 Å². The zero-order valence-corrected chi connectivity index (χ0v) is 34.7. The third kappa shape index (κ3) is 4.76. The molecule has 0 fully saturated rings. The van der Waals surface area contributed by atoms with Crippen molar-refractivity contribution in [2.75, 3.05) is 4.90 Å². The summed E-state index contributed by atoms with van der Waals surface area (Å²) in [5, 5.41) is 4.60. The van der Waals surface area contributed by atoms with Gasteiger partial charge >= 0.3 is 0 Å². The maximum Gasteiger partial charge on any atom is 0.137 e. The molecule has 2 heterocycles. The molecule has 0 radical (unpaired) electrons. The van der Waals surface area contributed by atoms with Crippen LogP contribution in [0, 0.1) is 0 Å². The highest BCUT2D eigenvalue weighted by molar-refractivity contribution is 6.18. The van der Waals surface area contributed by atoms with Gasteiger partial charge in [-0.25, -0.2) is 0 Å². The van der Waals surface area contributed by atoms with Crippen LogP contribution < -0.4 is 4.90 Å². The van der Waals surface area contributed by atoms with Crippen molar-refractivity contribution in [2.24, 2.45) is 0 Å². The molecule has 0 bridgehead atoms. The Bertz CT molecular complexity index is 3790. The average Bonchev–Trinajstić information content (AvgIpc) is 4.08. The summed E-state index contributed by atoms with van der Waals surface area (Å²) in [6.45, 7) is 0. The number of rotatable bonds is 5. The van der Waals surface area contributed by atoms with Gasteiger partial charge in [0.15, 0.2) is 0 Å². The van der Waals surface area contributed by atoms with Crippen molar-refractivity contribution in [3.05, 3.63) is 253 Å². The maximum atomic E-state index is 6.50. The average molecular weight is 815 g/mol. The molecule has 0 amide bonds. The van der Waals surface area contributed by atoms with Crippen molar-refractivity contribution < 1.29 is 4.42 Å². The number of hydrogen-bond acceptors (Lipinski definition) is 2. The van der Waals surface area contributed by atoms with Gasteiger partial charge in [-0.05, 0) is 111 Å². The molecule has 64 heavy (non-hydrogen) atoms. The summed E-state index contributed by atoms with van der Waals surface area (Å²) in [7, 11) is 0. The van der Waals surface area contributed by atoms with Crippen LogP contribution in [-0.4, -0.2) is 4.57 Å². The SMILES string of the molecule is c1ccc(-c2ccc(N(c3ccc4c(c3)c3cc5c(cc3n4-c3ccccc3)oc3ccccc35)c3cccc4c3-c3ccccc3C43c4ccccc4-c4ccccc43)cc2)cc1. The van der Waals surface area contributed by atoms with E-state index in [-0.39, 0.29) is 0 Å². The molecule has 0 aliphatic heterocycles. The monoisotopic (exact) mass is 814 g/mol. The fraction of sp³-hybridized carbons (Fsp3) is 0.0164. The van der Waals surface area contributed by atoms with Gasteiger partial charge in [-0.2, -0.15) is 0 Å². The predicted octanol–water partition coefficient (Wildman–Crippen LogP) is 16.2. The van der Waals surface area contributed by atoms with Gasteiger partial charge in [0.2, 0.25) is 0 Å². The lowest BCUT2D eigenvalue weighted by Crippen LogP contribution is -2.26. The van der Waals surface area contributed by atoms with Gasteiger partial charge in [-0.15, -0.1) is 0 Å². The molecular formula is C61H38N2O. The molecular weight excluding hydrogens is 777 g/mol. The van der Waals surface area contributed by atoms with Gasteiger partial charge in [0.25, 0.3) is 0 Å². The second-order valence-electron chi connectivity index (χ2n) is 17.2. The Balaban J connectivity index is 1.06. The molecule has 2 aliphatic rings. The summed E-state index contributed by atoms with van der Waals surface area (Å²) in [4.78, 5) is 2.49. The smallest absolute Gasteiger partial charge is 0.137 e. The van der Waals surface area contributed by atoms with E-state index in [0.29, 0.717) is 0 Å². The fourth-order valence-electron chi connectivity index (χ4n) is 11.4. The molecule has 14 rings (SSSR count). The van der Waals surface area contributed by atoms with E-state index < -0.39 is 5.41 Å². The van der Waals surface area contributed by atoms with E-state index >= 15 is 0 Å². The maximum absolute atomic E-state index is 6.50. The standard InChI is InChI=1S/C61H38N2O/c1-3-16-39(17-4-1)40-30-32-42(33-31-40)62(56-28-15-27-54-60(56)47-23-9-13-26-53(47)61(54)51-24-11-7-20-44(51)45-21-8-12-25-52(45)61)43-34-35-55-48(36-43)49-37-50-46-22-10-14-29-58(46)64-59(50)38-57(49)63(55)41-18-5-2-6-19-41/h1-38H. The number of furan rings is 1. The normalized spacial score (nSPS) is 13.1. The number of para-hydroxylation sites is 2. The topological polar surface area (TPSA) is 21.3 Å². The van der Waals surface area contributed by atoms with Gasteiger partial charge in [0, 0.05) is 50.2 Å². The van der Waals surface area contributed by atoms with Gasteiger partial charge in [-0.3, -0.25) is 0 Å². The molecule has 0 N–H and O–H groups in total. The van der Waals surface area contributed by atoms with Crippen LogP contribution in [0.1, 0.15) is 22.3 Å². The lowest BCUT2D eigenvalue weighted by Gasteiger charge is -2.32. The minimum atomic E-state index is -0.455. The molecule has 0 atom stereocenters. The van der Waals surface area contributed by atoms with Crippen LogP contribution in [0.4, 0.5) is 17.1 Å². The Hall–Kier alpha value is -8.40. The van der Waals surface area contributed by atoms with Gasteiger partial charge in [0.05, 0.1) is 22.1 Å². The van der Waals surface area contributed by atoms with E-state index in [1.54, 1.807) is 0 Å². The number of nitrogens with zero attached hydrogens (tertiary/aromatic N) is 2. The summed E-state index contributed by atoms with van der Waals surface area (Å²) in [5.74, 6) is 0. The van der Waals surface area contributed by atoms with Crippen molar-refractivity contribution in [3.8, 4) is 39.1 Å². The number of fused-ring (bicyclic) bond motifs is 16. The minimum Gasteiger partial charge on any atom is -0.456 e. The van der Waals surface area contributed by atoms with Crippen LogP contribution in [0.5, 0.6) is 0 Å². The van der Waals surface area contributed by atoms with E-state index in [0.717, 1.165) is 55.7 Å². The first kappa shape index (κ1) is 35.2. The largest absolute Gasteiger partial charge is 0.456 e. The van der Waals surface area contributed by atoms with Crippen molar-refractivity contribution >= 4 is 60.8 Å². The Morgan fingerprint density at radius 3 is 1.69 bits per heavy atom. The summed E-state index contributed by atoms with van der Waals surface area (Å²) in [5.41, 5.74) is 20.8. The first-order chi connectivity index (χ1) is 31.8. The first-order valence-corrected chi connectivity index (χ1v) is 22.1.